The van der Waals surface area contributed by atoms with Crippen LogP contribution in [0.4, 0.5) is 0 Å². The Balaban J connectivity index is 1.87. The Morgan fingerprint density at radius 1 is 1.38 bits per heavy atom. The zero-order valence-electron chi connectivity index (χ0n) is 15.5. The number of hydrogen-bond donors (Lipinski definition) is 1. The minimum Gasteiger partial charge on any atom is -0.349 e. The van der Waals surface area contributed by atoms with Crippen molar-refractivity contribution in [1.29, 1.82) is 0 Å². The summed E-state index contributed by atoms with van der Waals surface area (Å²) >= 11 is 0. The number of carbonyl (C=O) groups is 1. The summed E-state index contributed by atoms with van der Waals surface area (Å²) in [5, 5.41) is 7.49. The maximum Gasteiger partial charge on any atom is 0.251 e. The lowest BCUT2D eigenvalue weighted by Gasteiger charge is -2.08. The van der Waals surface area contributed by atoms with E-state index in [1.807, 2.05) is 62.1 Å². The number of allylic oxidation sites excluding steroid dienone is 3. The van der Waals surface area contributed by atoms with Crippen LogP contribution in [0, 0.1) is 6.92 Å². The van der Waals surface area contributed by atoms with Crippen LogP contribution in [-0.2, 0) is 0 Å². The van der Waals surface area contributed by atoms with Crippen LogP contribution in [0.5, 0.6) is 0 Å². The highest BCUT2D eigenvalue weighted by molar-refractivity contribution is 5.96. The quantitative estimate of drug-likeness (QED) is 0.628. The first-order valence-corrected chi connectivity index (χ1v) is 8.76. The molecule has 2 aromatic rings. The number of carbonyl (C=O) groups excluding carboxylic acids is 1. The van der Waals surface area contributed by atoms with Crippen LogP contribution in [0.2, 0.25) is 0 Å². The highest BCUT2D eigenvalue weighted by atomic mass is 16.1. The molecule has 1 fully saturated rings. The van der Waals surface area contributed by atoms with Crippen LogP contribution in [0.1, 0.15) is 42.6 Å². The van der Waals surface area contributed by atoms with Crippen LogP contribution >= 0.6 is 0 Å². The third-order valence-electron chi connectivity index (χ3n) is 4.40. The van der Waals surface area contributed by atoms with Crippen LogP contribution in [0.15, 0.2) is 53.4 Å². The summed E-state index contributed by atoms with van der Waals surface area (Å²) in [6, 6.07) is 6.16. The van der Waals surface area contributed by atoms with Crippen molar-refractivity contribution in [1.82, 2.24) is 15.1 Å². The third kappa shape index (κ3) is 4.17. The standard InChI is InChI=1S/C21H24N4O/c1-14(11-22-4)9-16(3)25-13-18(12-23-25)20-10-17(6-5-15(20)2)21(26)24-19-7-8-19/h5-6,9-13,19H,4,7-8H2,1-3H3,(H,24,26)/b14-11-,16-9+. The summed E-state index contributed by atoms with van der Waals surface area (Å²) in [4.78, 5) is 16.1. The van der Waals surface area contributed by atoms with Gasteiger partial charge in [0.1, 0.15) is 0 Å². The molecule has 5 heteroatoms. The van der Waals surface area contributed by atoms with Crippen molar-refractivity contribution in [2.45, 2.75) is 39.7 Å². The van der Waals surface area contributed by atoms with Crippen molar-refractivity contribution in [2.24, 2.45) is 4.99 Å². The molecule has 1 aliphatic carbocycles. The van der Waals surface area contributed by atoms with Gasteiger partial charge in [0.2, 0.25) is 0 Å². The van der Waals surface area contributed by atoms with E-state index in [1.165, 1.54) is 0 Å². The molecular formula is C21H24N4O. The van der Waals surface area contributed by atoms with Gasteiger partial charge in [0.15, 0.2) is 0 Å². The smallest absolute Gasteiger partial charge is 0.251 e. The Labute approximate surface area is 154 Å². The second-order valence-corrected chi connectivity index (χ2v) is 6.79. The molecule has 3 rings (SSSR count). The van der Waals surface area contributed by atoms with E-state index in [2.05, 4.69) is 22.1 Å². The first-order valence-electron chi connectivity index (χ1n) is 8.76. The second kappa shape index (κ2) is 7.52. The second-order valence-electron chi connectivity index (χ2n) is 6.79. The maximum atomic E-state index is 12.3. The van der Waals surface area contributed by atoms with Crippen LogP contribution in [0.3, 0.4) is 0 Å². The molecule has 0 bridgehead atoms. The largest absolute Gasteiger partial charge is 0.349 e. The molecule has 0 spiro atoms. The van der Waals surface area contributed by atoms with Gasteiger partial charge < -0.3 is 5.32 Å². The number of amides is 1. The highest BCUT2D eigenvalue weighted by Gasteiger charge is 2.24. The van der Waals surface area contributed by atoms with Crippen molar-refractivity contribution >= 4 is 18.3 Å². The highest BCUT2D eigenvalue weighted by Crippen LogP contribution is 2.26. The van der Waals surface area contributed by atoms with Gasteiger partial charge in [-0.15, -0.1) is 0 Å². The number of aromatic nitrogens is 2. The summed E-state index contributed by atoms with van der Waals surface area (Å²) in [6.45, 7) is 9.47. The van der Waals surface area contributed by atoms with Gasteiger partial charge in [0.25, 0.3) is 5.91 Å². The SMILES string of the molecule is C=N/C=C(C)\C=C(/C)n1cc(-c2cc(C(=O)NC3CC3)ccc2C)cn1. The average Bonchev–Trinajstić information content (AvgIpc) is 3.27. The van der Waals surface area contributed by atoms with E-state index in [0.29, 0.717) is 11.6 Å². The number of benzene rings is 1. The van der Waals surface area contributed by atoms with Crippen LogP contribution in [0.25, 0.3) is 16.8 Å². The van der Waals surface area contributed by atoms with E-state index in [-0.39, 0.29) is 5.91 Å². The van der Waals surface area contributed by atoms with Crippen molar-refractivity contribution in [3.05, 3.63) is 59.6 Å². The van der Waals surface area contributed by atoms with E-state index < -0.39 is 0 Å². The first-order chi connectivity index (χ1) is 12.5. The monoisotopic (exact) mass is 348 g/mol. The Morgan fingerprint density at radius 2 is 2.15 bits per heavy atom. The lowest BCUT2D eigenvalue weighted by atomic mass is 10.0. The van der Waals surface area contributed by atoms with E-state index in [0.717, 1.165) is 40.8 Å². The average molecular weight is 348 g/mol. The molecule has 134 valence electrons. The zero-order valence-corrected chi connectivity index (χ0v) is 15.5. The Morgan fingerprint density at radius 3 is 2.85 bits per heavy atom. The molecule has 26 heavy (non-hydrogen) atoms. The molecule has 1 heterocycles. The van der Waals surface area contributed by atoms with Gasteiger partial charge in [-0.2, -0.15) is 5.10 Å². The molecule has 1 aromatic heterocycles. The minimum atomic E-state index is -0.00472. The first kappa shape index (κ1) is 17.9. The van der Waals surface area contributed by atoms with E-state index >= 15 is 0 Å². The van der Waals surface area contributed by atoms with Gasteiger partial charge in [-0.25, -0.2) is 4.68 Å². The Hall–Kier alpha value is -2.95. The molecule has 0 atom stereocenters. The third-order valence-corrected chi connectivity index (χ3v) is 4.40. The Bertz CT molecular complexity index is 900. The summed E-state index contributed by atoms with van der Waals surface area (Å²) in [7, 11) is 0. The van der Waals surface area contributed by atoms with Crippen LogP contribution in [-0.4, -0.2) is 28.4 Å². The number of rotatable bonds is 6. The number of hydrogen-bond acceptors (Lipinski definition) is 3. The predicted octanol–water partition coefficient (Wildman–Crippen LogP) is 4.22. The summed E-state index contributed by atoms with van der Waals surface area (Å²) in [5.41, 5.74) is 5.79. The molecule has 5 nitrogen and oxygen atoms in total. The number of aliphatic imine (C=N–C) groups is 1. The molecule has 0 saturated heterocycles. The lowest BCUT2D eigenvalue weighted by molar-refractivity contribution is 0.0951. The zero-order chi connectivity index (χ0) is 18.7. The van der Waals surface area contributed by atoms with Gasteiger partial charge in [0, 0.05) is 35.3 Å². The number of aryl methyl sites for hydroxylation is 1. The summed E-state index contributed by atoms with van der Waals surface area (Å²) < 4.78 is 1.83. The van der Waals surface area contributed by atoms with E-state index in [4.69, 9.17) is 0 Å². The molecule has 0 aliphatic heterocycles. The molecule has 1 N–H and O–H groups in total. The van der Waals surface area contributed by atoms with Crippen molar-refractivity contribution in [3.63, 3.8) is 0 Å². The van der Waals surface area contributed by atoms with Crippen molar-refractivity contribution in [2.75, 3.05) is 0 Å². The van der Waals surface area contributed by atoms with Crippen molar-refractivity contribution in [3.8, 4) is 11.1 Å². The molecule has 1 aromatic carbocycles. The normalized spacial score (nSPS) is 15.0. The number of nitrogens with one attached hydrogen (secondary N) is 1. The fourth-order valence-electron chi connectivity index (χ4n) is 2.80. The Kier molecular flexibility index (Phi) is 5.16. The molecule has 1 saturated carbocycles. The molecule has 1 amide bonds. The van der Waals surface area contributed by atoms with Gasteiger partial charge in [-0.05, 0) is 75.2 Å². The summed E-state index contributed by atoms with van der Waals surface area (Å²) in [6.07, 6.45) is 9.67. The minimum absolute atomic E-state index is 0.00472. The lowest BCUT2D eigenvalue weighted by Crippen LogP contribution is -2.25. The van der Waals surface area contributed by atoms with Gasteiger partial charge in [0.05, 0.1) is 6.20 Å². The topological polar surface area (TPSA) is 59.3 Å². The molecule has 1 aliphatic rings. The fourth-order valence-corrected chi connectivity index (χ4v) is 2.80. The molecular weight excluding hydrogens is 324 g/mol. The molecule has 0 radical (unpaired) electrons. The fraction of sp³-hybridized carbons (Fsp3) is 0.286. The molecule has 0 unspecified atom stereocenters. The van der Waals surface area contributed by atoms with Crippen molar-refractivity contribution < 1.29 is 4.79 Å². The van der Waals surface area contributed by atoms with Gasteiger partial charge in [-0.1, -0.05) is 6.07 Å². The van der Waals surface area contributed by atoms with E-state index in [9.17, 15) is 4.79 Å². The van der Waals surface area contributed by atoms with E-state index in [1.54, 1.807) is 6.20 Å². The summed E-state index contributed by atoms with van der Waals surface area (Å²) in [5.74, 6) is -0.00472. The van der Waals surface area contributed by atoms with Gasteiger partial charge >= 0.3 is 0 Å². The number of nitrogens with zero attached hydrogens (tertiary/aromatic N) is 3. The predicted molar refractivity (Wildman–Crippen MR) is 106 cm³/mol. The van der Waals surface area contributed by atoms with Gasteiger partial charge in [-0.3, -0.25) is 9.79 Å². The van der Waals surface area contributed by atoms with Crippen LogP contribution < -0.4 is 5.32 Å². The maximum absolute atomic E-state index is 12.3.